The molecule has 1 fully saturated rings. The van der Waals surface area contributed by atoms with Crippen molar-refractivity contribution in [3.63, 3.8) is 0 Å². The number of imidazole rings is 1. The van der Waals surface area contributed by atoms with Gasteiger partial charge in [0.2, 0.25) is 0 Å². The van der Waals surface area contributed by atoms with Crippen LogP contribution in [0.3, 0.4) is 0 Å². The van der Waals surface area contributed by atoms with Crippen molar-refractivity contribution in [3.8, 4) is 17.0 Å². The van der Waals surface area contributed by atoms with Crippen LogP contribution in [0.25, 0.3) is 16.8 Å². The SMILES string of the molecule is COc1cc(-c2nc([C@H]3C[C@@](C)(O)C3)n3ncnc(N)c23)ccc1C(=O)c1ccccc1. The summed E-state index contributed by atoms with van der Waals surface area (Å²) in [6, 6.07) is 14.4. The molecule has 1 saturated carbocycles. The molecule has 32 heavy (non-hydrogen) atoms. The number of aromatic nitrogens is 4. The number of ketones is 1. The second-order valence-electron chi connectivity index (χ2n) is 8.44. The number of anilines is 1. The Morgan fingerprint density at radius 2 is 1.97 bits per heavy atom. The van der Waals surface area contributed by atoms with Gasteiger partial charge in [0.05, 0.1) is 18.3 Å². The zero-order valence-corrected chi connectivity index (χ0v) is 17.8. The molecule has 2 heterocycles. The van der Waals surface area contributed by atoms with Crippen molar-refractivity contribution in [2.75, 3.05) is 12.8 Å². The molecule has 162 valence electrons. The number of ether oxygens (including phenoxy) is 1. The highest BCUT2D eigenvalue weighted by Crippen LogP contribution is 2.45. The van der Waals surface area contributed by atoms with E-state index in [2.05, 4.69) is 10.1 Å². The van der Waals surface area contributed by atoms with Gasteiger partial charge in [-0.3, -0.25) is 4.79 Å². The van der Waals surface area contributed by atoms with Crippen LogP contribution in [0.1, 0.15) is 47.4 Å². The van der Waals surface area contributed by atoms with Crippen molar-refractivity contribution >= 4 is 17.1 Å². The summed E-state index contributed by atoms with van der Waals surface area (Å²) in [5, 5.41) is 14.6. The van der Waals surface area contributed by atoms with Gasteiger partial charge in [-0.15, -0.1) is 0 Å². The molecule has 0 bridgehead atoms. The van der Waals surface area contributed by atoms with E-state index in [0.29, 0.717) is 46.7 Å². The monoisotopic (exact) mass is 429 g/mol. The minimum Gasteiger partial charge on any atom is -0.496 e. The van der Waals surface area contributed by atoms with Gasteiger partial charge in [-0.2, -0.15) is 5.10 Å². The molecule has 0 radical (unpaired) electrons. The predicted molar refractivity (Wildman–Crippen MR) is 120 cm³/mol. The lowest BCUT2D eigenvalue weighted by atomic mass is 9.72. The highest BCUT2D eigenvalue weighted by atomic mass is 16.5. The molecular weight excluding hydrogens is 406 g/mol. The summed E-state index contributed by atoms with van der Waals surface area (Å²) in [7, 11) is 1.53. The molecule has 2 aromatic carbocycles. The van der Waals surface area contributed by atoms with Crippen LogP contribution in [0.2, 0.25) is 0 Å². The maximum atomic E-state index is 13.0. The molecule has 5 rings (SSSR count). The molecule has 4 aromatic rings. The first-order chi connectivity index (χ1) is 15.4. The number of hydrogen-bond donors (Lipinski definition) is 2. The van der Waals surface area contributed by atoms with Gasteiger partial charge in [0.25, 0.3) is 0 Å². The summed E-state index contributed by atoms with van der Waals surface area (Å²) < 4.78 is 7.26. The Morgan fingerprint density at radius 1 is 1.22 bits per heavy atom. The van der Waals surface area contributed by atoms with Gasteiger partial charge in [0, 0.05) is 17.0 Å². The number of nitrogen functional groups attached to an aromatic ring is 1. The summed E-state index contributed by atoms with van der Waals surface area (Å²) in [6.45, 7) is 1.82. The molecule has 1 aliphatic rings. The van der Waals surface area contributed by atoms with Crippen molar-refractivity contribution in [2.24, 2.45) is 0 Å². The van der Waals surface area contributed by atoms with E-state index in [1.54, 1.807) is 28.8 Å². The topological polar surface area (TPSA) is 116 Å². The van der Waals surface area contributed by atoms with Gasteiger partial charge in [-0.25, -0.2) is 14.5 Å². The number of aliphatic hydroxyl groups is 1. The Bertz CT molecular complexity index is 1320. The second kappa shape index (κ2) is 7.42. The van der Waals surface area contributed by atoms with Crippen LogP contribution in [0, 0.1) is 0 Å². The minimum absolute atomic E-state index is 0.0707. The summed E-state index contributed by atoms with van der Waals surface area (Å²) in [6.07, 6.45) is 2.60. The van der Waals surface area contributed by atoms with Crippen LogP contribution >= 0.6 is 0 Å². The van der Waals surface area contributed by atoms with Gasteiger partial charge in [-0.1, -0.05) is 36.4 Å². The number of nitrogens with zero attached hydrogens (tertiary/aromatic N) is 4. The number of carbonyl (C=O) groups excluding carboxylic acids is 1. The summed E-state index contributed by atoms with van der Waals surface area (Å²) in [4.78, 5) is 22.0. The number of methoxy groups -OCH3 is 1. The average molecular weight is 429 g/mol. The zero-order valence-electron chi connectivity index (χ0n) is 17.8. The maximum absolute atomic E-state index is 13.0. The molecule has 0 saturated heterocycles. The first-order valence-corrected chi connectivity index (χ1v) is 10.4. The van der Waals surface area contributed by atoms with Crippen LogP contribution in [-0.4, -0.2) is 43.2 Å². The lowest BCUT2D eigenvalue weighted by Gasteiger charge is -2.39. The number of rotatable bonds is 5. The number of nitrogens with two attached hydrogens (primary N) is 1. The van der Waals surface area contributed by atoms with Crippen LogP contribution < -0.4 is 10.5 Å². The first-order valence-electron chi connectivity index (χ1n) is 10.4. The molecular formula is C24H23N5O3. The van der Waals surface area contributed by atoms with Crippen molar-refractivity contribution in [2.45, 2.75) is 31.3 Å². The number of hydrogen-bond acceptors (Lipinski definition) is 7. The zero-order chi connectivity index (χ0) is 22.5. The Kier molecular flexibility index (Phi) is 4.67. The van der Waals surface area contributed by atoms with E-state index in [0.717, 1.165) is 11.4 Å². The number of benzene rings is 2. The van der Waals surface area contributed by atoms with Crippen molar-refractivity contribution in [3.05, 3.63) is 71.8 Å². The van der Waals surface area contributed by atoms with Crippen molar-refractivity contribution < 1.29 is 14.6 Å². The lowest BCUT2D eigenvalue weighted by Crippen LogP contribution is -2.40. The standard InChI is InChI=1S/C24H23N5O3/c1-24(31)11-16(12-24)23-28-19(20-22(25)26-13-27-29(20)23)15-8-9-17(18(10-15)32-2)21(30)14-6-4-3-5-7-14/h3-10,13,16,31H,11-12H2,1-2H3,(H2,25,26,27)/t16-,24+. The average Bonchev–Trinajstić information content (AvgIpc) is 3.18. The second-order valence-corrected chi connectivity index (χ2v) is 8.44. The third-order valence-electron chi connectivity index (χ3n) is 5.98. The van der Waals surface area contributed by atoms with Gasteiger partial charge < -0.3 is 15.6 Å². The fraction of sp³-hybridized carbons (Fsp3) is 0.250. The predicted octanol–water partition coefficient (Wildman–Crippen LogP) is 3.24. The van der Waals surface area contributed by atoms with Crippen molar-refractivity contribution in [1.29, 1.82) is 0 Å². The molecule has 8 nitrogen and oxygen atoms in total. The number of fused-ring (bicyclic) bond motifs is 1. The van der Waals surface area contributed by atoms with Gasteiger partial charge in [0.15, 0.2) is 11.6 Å². The molecule has 0 aliphatic heterocycles. The molecule has 0 unspecified atom stereocenters. The Hall–Kier alpha value is -3.78. The largest absolute Gasteiger partial charge is 0.496 e. The third kappa shape index (κ3) is 3.29. The smallest absolute Gasteiger partial charge is 0.196 e. The molecule has 0 atom stereocenters. The van der Waals surface area contributed by atoms with E-state index in [1.807, 2.05) is 31.2 Å². The van der Waals surface area contributed by atoms with Crippen LogP contribution in [0.15, 0.2) is 54.9 Å². The minimum atomic E-state index is -0.697. The highest BCUT2D eigenvalue weighted by molar-refractivity contribution is 6.11. The van der Waals surface area contributed by atoms with Gasteiger partial charge >= 0.3 is 0 Å². The van der Waals surface area contributed by atoms with Gasteiger partial charge in [0.1, 0.15) is 29.1 Å². The number of carbonyl (C=O) groups is 1. The Labute approximate surface area is 184 Å². The summed E-state index contributed by atoms with van der Waals surface area (Å²) in [5.74, 6) is 1.44. The van der Waals surface area contributed by atoms with E-state index in [9.17, 15) is 9.90 Å². The first kappa shape index (κ1) is 20.1. The van der Waals surface area contributed by atoms with E-state index in [-0.39, 0.29) is 11.7 Å². The maximum Gasteiger partial charge on any atom is 0.196 e. The summed E-state index contributed by atoms with van der Waals surface area (Å²) >= 11 is 0. The summed E-state index contributed by atoms with van der Waals surface area (Å²) in [5.41, 5.74) is 8.50. The van der Waals surface area contributed by atoms with E-state index < -0.39 is 5.60 Å². The normalized spacial score (nSPS) is 20.2. The van der Waals surface area contributed by atoms with Crippen LogP contribution in [0.5, 0.6) is 5.75 Å². The molecule has 0 amide bonds. The van der Waals surface area contributed by atoms with E-state index in [1.165, 1.54) is 13.4 Å². The fourth-order valence-electron chi connectivity index (χ4n) is 4.40. The Morgan fingerprint density at radius 3 is 2.66 bits per heavy atom. The quantitative estimate of drug-likeness (QED) is 0.468. The fourth-order valence-corrected chi connectivity index (χ4v) is 4.40. The van der Waals surface area contributed by atoms with Crippen molar-refractivity contribution in [1.82, 2.24) is 19.6 Å². The van der Waals surface area contributed by atoms with Gasteiger partial charge in [-0.05, 0) is 31.9 Å². The molecule has 8 heteroatoms. The molecule has 0 spiro atoms. The third-order valence-corrected chi connectivity index (χ3v) is 5.98. The Balaban J connectivity index is 1.61. The van der Waals surface area contributed by atoms with Crippen LogP contribution in [-0.2, 0) is 0 Å². The molecule has 1 aliphatic carbocycles. The van der Waals surface area contributed by atoms with Crippen LogP contribution in [0.4, 0.5) is 5.82 Å². The lowest BCUT2D eigenvalue weighted by molar-refractivity contribution is -0.0337. The molecule has 3 N–H and O–H groups in total. The highest BCUT2D eigenvalue weighted by Gasteiger charge is 2.42. The molecule has 2 aromatic heterocycles. The van der Waals surface area contributed by atoms with E-state index >= 15 is 0 Å². The van der Waals surface area contributed by atoms with E-state index in [4.69, 9.17) is 15.5 Å².